The van der Waals surface area contributed by atoms with Gasteiger partial charge in [-0.2, -0.15) is 0 Å². The molecule has 208 valence electrons. The molecular weight excluding hydrogens is 588 g/mol. The Labute approximate surface area is 246 Å². The van der Waals surface area contributed by atoms with Crippen molar-refractivity contribution in [3.63, 3.8) is 0 Å². The summed E-state index contributed by atoms with van der Waals surface area (Å²) in [5, 5.41) is 11.6. The number of likely N-dealkylation sites (tertiary alicyclic amines) is 1. The van der Waals surface area contributed by atoms with E-state index in [4.69, 9.17) is 4.98 Å². The Morgan fingerprint density at radius 3 is 2.52 bits per heavy atom. The number of fused-ring (bicyclic) bond motifs is 1. The number of aliphatic carboxylic acids is 1. The Bertz CT molecular complexity index is 1530. The van der Waals surface area contributed by atoms with E-state index in [0.29, 0.717) is 22.7 Å². The van der Waals surface area contributed by atoms with Crippen LogP contribution in [0.4, 0.5) is 0 Å². The Balaban J connectivity index is 1.74. The summed E-state index contributed by atoms with van der Waals surface area (Å²) in [6.45, 7) is 10.3. The monoisotopic (exact) mass is 620 g/mol. The molecule has 3 heterocycles. The minimum absolute atomic E-state index is 0.0260. The average molecular weight is 622 g/mol. The molecule has 3 atom stereocenters. The molecule has 1 aliphatic rings. The Morgan fingerprint density at radius 1 is 1.18 bits per heavy atom. The van der Waals surface area contributed by atoms with E-state index in [1.807, 2.05) is 50.2 Å². The smallest absolute Gasteiger partial charge is 0.329 e. The standard InChI is InChI=1S/C31H33BrN4O3S/c1-18(2)15-31(29(38)39)16-20(24-17-33-12-13-34-24)26(27-35-23-8-6-7-9-25(23)40-27)36(31)28(37)19-10-11-21(22(32)14-19)30(3,4)5/h6-14,17-18,20,26H,15-16H2,1-5H3,(H,38,39)/t20-,26-,31+/m1/s1. The van der Waals surface area contributed by atoms with E-state index in [1.165, 1.54) is 11.3 Å². The zero-order chi connectivity index (χ0) is 28.8. The van der Waals surface area contributed by atoms with Crippen LogP contribution in [0.5, 0.6) is 0 Å². The number of halogens is 1. The number of para-hydroxylation sites is 1. The number of carboxylic acid groups (broad SMARTS) is 1. The second kappa shape index (κ2) is 10.7. The summed E-state index contributed by atoms with van der Waals surface area (Å²) >= 11 is 5.17. The lowest BCUT2D eigenvalue weighted by atomic mass is 9.83. The number of benzene rings is 2. The van der Waals surface area contributed by atoms with Gasteiger partial charge in [0.05, 0.1) is 22.0 Å². The number of rotatable bonds is 6. The predicted molar refractivity (Wildman–Crippen MR) is 161 cm³/mol. The number of thiazole rings is 1. The first kappa shape index (κ1) is 28.4. The van der Waals surface area contributed by atoms with Crippen molar-refractivity contribution in [2.45, 2.75) is 70.4 Å². The van der Waals surface area contributed by atoms with Crippen LogP contribution in [0, 0.1) is 5.92 Å². The summed E-state index contributed by atoms with van der Waals surface area (Å²) in [6.07, 6.45) is 5.40. The maximum absolute atomic E-state index is 14.6. The summed E-state index contributed by atoms with van der Waals surface area (Å²) < 4.78 is 1.80. The molecule has 1 amide bonds. The lowest BCUT2D eigenvalue weighted by molar-refractivity contribution is -0.150. The zero-order valence-corrected chi connectivity index (χ0v) is 25.7. The van der Waals surface area contributed by atoms with Crippen LogP contribution in [0.15, 0.2) is 65.5 Å². The van der Waals surface area contributed by atoms with Crippen molar-refractivity contribution >= 4 is 49.4 Å². The molecule has 0 aliphatic carbocycles. The summed E-state index contributed by atoms with van der Waals surface area (Å²) in [5.41, 5.74) is 1.39. The zero-order valence-electron chi connectivity index (χ0n) is 23.3. The highest BCUT2D eigenvalue weighted by Crippen LogP contribution is 2.55. The van der Waals surface area contributed by atoms with Gasteiger partial charge in [-0.25, -0.2) is 9.78 Å². The highest BCUT2D eigenvalue weighted by molar-refractivity contribution is 9.10. The van der Waals surface area contributed by atoms with Crippen LogP contribution in [0.25, 0.3) is 10.2 Å². The van der Waals surface area contributed by atoms with Crippen LogP contribution < -0.4 is 0 Å². The SMILES string of the molecule is CC(C)C[C@@]1(C(=O)O)C[C@H](c2cnccn2)[C@H](c2nc3ccccc3s2)N1C(=O)c1ccc(C(C)(C)C)c(Br)c1. The normalized spacial score (nSPS) is 21.3. The van der Waals surface area contributed by atoms with Crippen molar-refractivity contribution < 1.29 is 14.7 Å². The van der Waals surface area contributed by atoms with Gasteiger partial charge in [-0.1, -0.05) is 68.7 Å². The van der Waals surface area contributed by atoms with Crippen LogP contribution in [0.3, 0.4) is 0 Å². The van der Waals surface area contributed by atoms with Crippen molar-refractivity contribution in [2.24, 2.45) is 5.92 Å². The minimum Gasteiger partial charge on any atom is -0.479 e. The summed E-state index contributed by atoms with van der Waals surface area (Å²) in [5.74, 6) is -1.72. The van der Waals surface area contributed by atoms with Gasteiger partial charge in [0, 0.05) is 34.5 Å². The van der Waals surface area contributed by atoms with E-state index in [9.17, 15) is 14.7 Å². The van der Waals surface area contributed by atoms with E-state index < -0.39 is 23.5 Å². The number of carbonyl (C=O) groups is 2. The first-order valence-corrected chi connectivity index (χ1v) is 15.0. The van der Waals surface area contributed by atoms with Crippen molar-refractivity contribution in [1.82, 2.24) is 19.9 Å². The van der Waals surface area contributed by atoms with Crippen LogP contribution in [-0.4, -0.2) is 42.4 Å². The Hall–Kier alpha value is -3.17. The second-order valence-corrected chi connectivity index (χ2v) is 13.9. The fourth-order valence-electron chi connectivity index (χ4n) is 5.94. The van der Waals surface area contributed by atoms with Gasteiger partial charge in [-0.3, -0.25) is 14.8 Å². The Morgan fingerprint density at radius 2 is 1.93 bits per heavy atom. The Kier molecular flexibility index (Phi) is 7.56. The molecular formula is C31H33BrN4O3S. The van der Waals surface area contributed by atoms with Gasteiger partial charge >= 0.3 is 5.97 Å². The quantitative estimate of drug-likeness (QED) is 0.241. The fraction of sp³-hybridized carbons (Fsp3) is 0.387. The molecule has 1 aliphatic heterocycles. The van der Waals surface area contributed by atoms with Gasteiger partial charge in [0.1, 0.15) is 10.5 Å². The first-order chi connectivity index (χ1) is 18.9. The van der Waals surface area contributed by atoms with Crippen LogP contribution in [-0.2, 0) is 10.2 Å². The van der Waals surface area contributed by atoms with E-state index in [-0.39, 0.29) is 23.7 Å². The number of aromatic nitrogens is 3. The molecule has 5 rings (SSSR count). The molecule has 1 saturated heterocycles. The summed E-state index contributed by atoms with van der Waals surface area (Å²) in [4.78, 5) is 43.4. The van der Waals surface area contributed by atoms with E-state index in [0.717, 1.165) is 20.3 Å². The van der Waals surface area contributed by atoms with Gasteiger partial charge in [-0.15, -0.1) is 11.3 Å². The van der Waals surface area contributed by atoms with Crippen molar-refractivity contribution in [3.05, 3.63) is 87.4 Å². The number of hydrogen-bond acceptors (Lipinski definition) is 6. The molecule has 0 unspecified atom stereocenters. The third-order valence-electron chi connectivity index (χ3n) is 7.59. The third-order valence-corrected chi connectivity index (χ3v) is 9.35. The number of amides is 1. The average Bonchev–Trinajstić information content (AvgIpc) is 3.47. The molecule has 2 aromatic heterocycles. The van der Waals surface area contributed by atoms with Crippen molar-refractivity contribution in [1.29, 1.82) is 0 Å². The first-order valence-electron chi connectivity index (χ1n) is 13.4. The molecule has 2 aromatic carbocycles. The van der Waals surface area contributed by atoms with Crippen molar-refractivity contribution in [3.8, 4) is 0 Å². The topological polar surface area (TPSA) is 96.3 Å². The van der Waals surface area contributed by atoms with Gasteiger partial charge in [0.15, 0.2) is 0 Å². The van der Waals surface area contributed by atoms with E-state index in [1.54, 1.807) is 29.6 Å². The van der Waals surface area contributed by atoms with Crippen LogP contribution >= 0.6 is 27.3 Å². The molecule has 0 bridgehead atoms. The van der Waals surface area contributed by atoms with Crippen molar-refractivity contribution in [2.75, 3.05) is 0 Å². The highest BCUT2D eigenvalue weighted by atomic mass is 79.9. The molecule has 7 nitrogen and oxygen atoms in total. The molecule has 0 saturated carbocycles. The number of carboxylic acids is 1. The van der Waals surface area contributed by atoms with Crippen LogP contribution in [0.1, 0.15) is 86.0 Å². The minimum atomic E-state index is -1.45. The molecule has 40 heavy (non-hydrogen) atoms. The molecule has 1 fully saturated rings. The van der Waals surface area contributed by atoms with Gasteiger partial charge in [0.25, 0.3) is 5.91 Å². The van der Waals surface area contributed by atoms with Gasteiger partial charge in [0.2, 0.25) is 0 Å². The predicted octanol–water partition coefficient (Wildman–Crippen LogP) is 7.39. The molecule has 9 heteroatoms. The summed E-state index contributed by atoms with van der Waals surface area (Å²) in [6, 6.07) is 12.8. The molecule has 0 radical (unpaired) electrons. The lowest BCUT2D eigenvalue weighted by Gasteiger charge is -2.39. The maximum Gasteiger partial charge on any atom is 0.329 e. The largest absolute Gasteiger partial charge is 0.479 e. The number of hydrogen-bond donors (Lipinski definition) is 1. The summed E-state index contributed by atoms with van der Waals surface area (Å²) in [7, 11) is 0. The van der Waals surface area contributed by atoms with Gasteiger partial charge in [-0.05, 0) is 54.0 Å². The number of carbonyl (C=O) groups excluding carboxylic acids is 1. The van der Waals surface area contributed by atoms with Gasteiger partial charge < -0.3 is 10.0 Å². The molecule has 0 spiro atoms. The molecule has 1 N–H and O–H groups in total. The third kappa shape index (κ3) is 5.05. The molecule has 4 aromatic rings. The highest BCUT2D eigenvalue weighted by Gasteiger charge is 2.60. The number of nitrogens with zero attached hydrogens (tertiary/aromatic N) is 4. The van der Waals surface area contributed by atoms with E-state index in [2.05, 4.69) is 46.7 Å². The lowest BCUT2D eigenvalue weighted by Crippen LogP contribution is -2.54. The van der Waals surface area contributed by atoms with E-state index >= 15 is 0 Å². The van der Waals surface area contributed by atoms with Crippen LogP contribution in [0.2, 0.25) is 0 Å². The fourth-order valence-corrected chi connectivity index (χ4v) is 8.04. The second-order valence-electron chi connectivity index (χ2n) is 12.0. The maximum atomic E-state index is 14.6.